The molecule has 11 heteroatoms. The number of hydrogen-bond donors (Lipinski definition) is 2. The number of urea groups is 1. The summed E-state index contributed by atoms with van der Waals surface area (Å²) in [7, 11) is 0. The quantitative estimate of drug-likeness (QED) is 0.404. The highest BCUT2D eigenvalue weighted by molar-refractivity contribution is 6.24. The zero-order valence-corrected chi connectivity index (χ0v) is 19.5. The standard InChI is InChI=1S/C26H21N7O4/c34-23-26(24(35)30-25(36)29-23)12-3-14-32(26)18-7-10-22(28-16-18)37-19-8-5-17(6-9-19)20-11-15-33(31-20)21-4-1-2-13-27-21/h1-2,4-11,13,15-16H,3,12,14H2,(H2,29,30,34,35,36). The van der Waals surface area contributed by atoms with Crippen molar-refractivity contribution in [3.8, 4) is 28.7 Å². The van der Waals surface area contributed by atoms with Crippen LogP contribution in [0.1, 0.15) is 12.8 Å². The number of barbiturate groups is 1. The van der Waals surface area contributed by atoms with Crippen LogP contribution in [-0.2, 0) is 9.59 Å². The van der Waals surface area contributed by atoms with Gasteiger partial charge in [-0.25, -0.2) is 19.4 Å². The maximum atomic E-state index is 12.6. The molecule has 3 aromatic heterocycles. The van der Waals surface area contributed by atoms with Crippen LogP contribution in [0.2, 0.25) is 0 Å². The lowest BCUT2D eigenvalue weighted by Gasteiger charge is -2.38. The Bertz CT molecular complexity index is 1460. The molecule has 2 saturated heterocycles. The van der Waals surface area contributed by atoms with Gasteiger partial charge in [-0.05, 0) is 61.4 Å². The molecular weight excluding hydrogens is 474 g/mol. The first-order valence-corrected chi connectivity index (χ1v) is 11.7. The lowest BCUT2D eigenvalue weighted by atomic mass is 9.92. The molecule has 0 saturated carbocycles. The van der Waals surface area contributed by atoms with Crippen LogP contribution in [-0.4, -0.2) is 49.7 Å². The number of nitrogens with one attached hydrogen (secondary N) is 2. The topological polar surface area (TPSA) is 131 Å². The summed E-state index contributed by atoms with van der Waals surface area (Å²) in [6.45, 7) is 0.481. The van der Waals surface area contributed by atoms with Gasteiger partial charge in [0.1, 0.15) is 5.75 Å². The normalized spacial score (nSPS) is 16.5. The summed E-state index contributed by atoms with van der Waals surface area (Å²) < 4.78 is 7.60. The van der Waals surface area contributed by atoms with E-state index in [-0.39, 0.29) is 0 Å². The van der Waals surface area contributed by atoms with Crippen LogP contribution in [0, 0.1) is 0 Å². The van der Waals surface area contributed by atoms with Gasteiger partial charge in [0.05, 0.1) is 17.6 Å². The number of amides is 4. The summed E-state index contributed by atoms with van der Waals surface area (Å²) >= 11 is 0. The number of rotatable bonds is 5. The molecule has 0 aliphatic carbocycles. The number of pyridine rings is 2. The second-order valence-electron chi connectivity index (χ2n) is 8.67. The van der Waals surface area contributed by atoms with Crippen molar-refractivity contribution in [2.75, 3.05) is 11.4 Å². The van der Waals surface area contributed by atoms with E-state index in [2.05, 4.69) is 25.7 Å². The van der Waals surface area contributed by atoms with Crippen molar-refractivity contribution in [2.45, 2.75) is 18.4 Å². The average Bonchev–Trinajstić information content (AvgIpc) is 3.58. The first-order chi connectivity index (χ1) is 18.0. The van der Waals surface area contributed by atoms with Crippen molar-refractivity contribution in [1.82, 2.24) is 30.4 Å². The second-order valence-corrected chi connectivity index (χ2v) is 8.67. The molecule has 6 rings (SSSR count). The monoisotopic (exact) mass is 495 g/mol. The van der Waals surface area contributed by atoms with Gasteiger partial charge in [0, 0.05) is 30.6 Å². The van der Waals surface area contributed by atoms with Crippen molar-refractivity contribution in [1.29, 1.82) is 0 Å². The zero-order valence-electron chi connectivity index (χ0n) is 19.5. The Kier molecular flexibility index (Phi) is 5.37. The molecule has 2 fully saturated rings. The zero-order chi connectivity index (χ0) is 25.4. The Morgan fingerprint density at radius 1 is 0.892 bits per heavy atom. The molecule has 0 atom stereocenters. The number of anilines is 1. The third-order valence-corrected chi connectivity index (χ3v) is 6.46. The molecule has 11 nitrogen and oxygen atoms in total. The maximum absolute atomic E-state index is 12.6. The molecule has 0 bridgehead atoms. The SMILES string of the molecule is O=C1NC(=O)C2(CCCN2c2ccc(Oc3ccc(-c4ccn(-c5ccccn5)n4)cc3)nc2)C(=O)N1. The van der Waals surface area contributed by atoms with Crippen LogP contribution in [0.3, 0.4) is 0 Å². The summed E-state index contributed by atoms with van der Waals surface area (Å²) in [6.07, 6.45) is 6.06. The molecular formula is C26H21N7O4. The van der Waals surface area contributed by atoms with Crippen molar-refractivity contribution < 1.29 is 19.1 Å². The highest BCUT2D eigenvalue weighted by Crippen LogP contribution is 2.36. The fourth-order valence-corrected chi connectivity index (χ4v) is 4.69. The van der Waals surface area contributed by atoms with Crippen molar-refractivity contribution >= 4 is 23.5 Å². The van der Waals surface area contributed by atoms with Gasteiger partial charge in [0.25, 0.3) is 11.8 Å². The largest absolute Gasteiger partial charge is 0.439 e. The predicted molar refractivity (Wildman–Crippen MR) is 132 cm³/mol. The van der Waals surface area contributed by atoms with Crippen LogP contribution >= 0.6 is 0 Å². The first kappa shape index (κ1) is 22.4. The predicted octanol–water partition coefficient (Wildman–Crippen LogP) is 2.83. The van der Waals surface area contributed by atoms with Crippen LogP contribution in [0.4, 0.5) is 10.5 Å². The third kappa shape index (κ3) is 3.96. The second kappa shape index (κ2) is 8.86. The molecule has 4 aromatic rings. The molecule has 2 aliphatic heterocycles. The molecule has 184 valence electrons. The minimum Gasteiger partial charge on any atom is -0.439 e. The van der Waals surface area contributed by atoms with Gasteiger partial charge < -0.3 is 9.64 Å². The van der Waals surface area contributed by atoms with Crippen molar-refractivity contribution in [3.05, 3.63) is 79.3 Å². The molecule has 2 N–H and O–H groups in total. The molecule has 4 amide bonds. The summed E-state index contributed by atoms with van der Waals surface area (Å²) in [4.78, 5) is 47.2. The van der Waals surface area contributed by atoms with Gasteiger partial charge in [0.15, 0.2) is 11.4 Å². The Hall–Kier alpha value is -5.06. The maximum Gasteiger partial charge on any atom is 0.328 e. The Balaban J connectivity index is 1.16. The van der Waals surface area contributed by atoms with Crippen molar-refractivity contribution in [2.24, 2.45) is 0 Å². The number of nitrogens with zero attached hydrogens (tertiary/aromatic N) is 5. The van der Waals surface area contributed by atoms with Crippen LogP contribution < -0.4 is 20.3 Å². The van der Waals surface area contributed by atoms with Gasteiger partial charge in [0.2, 0.25) is 5.88 Å². The van der Waals surface area contributed by atoms with Crippen LogP contribution in [0.25, 0.3) is 17.1 Å². The summed E-state index contributed by atoms with van der Waals surface area (Å²) in [5.74, 6) is 0.446. The van der Waals surface area contributed by atoms with E-state index in [1.54, 1.807) is 34.1 Å². The third-order valence-electron chi connectivity index (χ3n) is 6.46. The molecule has 1 aromatic carbocycles. The highest BCUT2D eigenvalue weighted by atomic mass is 16.5. The highest BCUT2D eigenvalue weighted by Gasteiger charge is 2.57. The molecule has 37 heavy (non-hydrogen) atoms. The fourth-order valence-electron chi connectivity index (χ4n) is 4.69. The molecule has 0 unspecified atom stereocenters. The summed E-state index contributed by atoms with van der Waals surface area (Å²) in [5, 5.41) is 9.00. The smallest absolute Gasteiger partial charge is 0.328 e. The number of aromatic nitrogens is 4. The summed E-state index contributed by atoms with van der Waals surface area (Å²) in [6, 6.07) is 17.6. The first-order valence-electron chi connectivity index (χ1n) is 11.7. The van der Waals surface area contributed by atoms with Gasteiger partial charge in [-0.15, -0.1) is 0 Å². The minimum absolute atomic E-state index is 0.308. The molecule has 1 spiro atoms. The van der Waals surface area contributed by atoms with E-state index in [4.69, 9.17) is 4.74 Å². The minimum atomic E-state index is -1.46. The van der Waals surface area contributed by atoms with Gasteiger partial charge >= 0.3 is 6.03 Å². The van der Waals surface area contributed by atoms with Crippen LogP contribution in [0.15, 0.2) is 79.3 Å². The van der Waals surface area contributed by atoms with E-state index in [0.717, 1.165) is 17.1 Å². The number of hydrogen-bond acceptors (Lipinski definition) is 8. The molecule has 5 heterocycles. The van der Waals surface area contributed by atoms with E-state index >= 15 is 0 Å². The number of benzene rings is 1. The number of ether oxygens (including phenoxy) is 1. The summed E-state index contributed by atoms with van der Waals surface area (Å²) in [5.41, 5.74) is 0.851. The lowest BCUT2D eigenvalue weighted by molar-refractivity contribution is -0.137. The van der Waals surface area contributed by atoms with E-state index < -0.39 is 23.4 Å². The van der Waals surface area contributed by atoms with E-state index in [9.17, 15) is 14.4 Å². The lowest BCUT2D eigenvalue weighted by Crippen LogP contribution is -2.71. The molecule has 0 radical (unpaired) electrons. The number of imide groups is 2. The van der Waals surface area contributed by atoms with Gasteiger partial charge in [-0.2, -0.15) is 5.10 Å². The van der Waals surface area contributed by atoms with E-state index in [1.807, 2.05) is 54.7 Å². The van der Waals surface area contributed by atoms with Gasteiger partial charge in [-0.3, -0.25) is 20.2 Å². The van der Waals surface area contributed by atoms with E-state index in [1.165, 1.54) is 0 Å². The Morgan fingerprint density at radius 2 is 1.70 bits per heavy atom. The average molecular weight is 495 g/mol. The number of carbonyl (C=O) groups excluding carboxylic acids is 3. The number of carbonyl (C=O) groups is 3. The van der Waals surface area contributed by atoms with Crippen molar-refractivity contribution in [3.63, 3.8) is 0 Å². The fraction of sp³-hybridized carbons (Fsp3) is 0.154. The van der Waals surface area contributed by atoms with E-state index in [0.29, 0.717) is 36.7 Å². The van der Waals surface area contributed by atoms with Crippen LogP contribution in [0.5, 0.6) is 11.6 Å². The van der Waals surface area contributed by atoms with Gasteiger partial charge in [-0.1, -0.05) is 6.07 Å². The Labute approximate surface area is 211 Å². The Morgan fingerprint density at radius 3 is 2.41 bits per heavy atom. The molecule has 2 aliphatic rings.